The first-order valence-corrected chi connectivity index (χ1v) is 6.65. The van der Waals surface area contributed by atoms with Crippen LogP contribution in [0.5, 0.6) is 5.75 Å². The molecule has 1 heterocycles. The highest BCUT2D eigenvalue weighted by Gasteiger charge is 2.12. The minimum atomic E-state index is -0.427. The first-order valence-electron chi connectivity index (χ1n) is 6.65. The van der Waals surface area contributed by atoms with E-state index in [9.17, 15) is 4.79 Å². The van der Waals surface area contributed by atoms with E-state index in [0.717, 1.165) is 17.9 Å². The number of nitrogens with zero attached hydrogens (tertiary/aromatic N) is 2. The Morgan fingerprint density at radius 3 is 2.75 bits per heavy atom. The zero-order valence-electron chi connectivity index (χ0n) is 11.7. The van der Waals surface area contributed by atoms with E-state index in [4.69, 9.17) is 9.47 Å². The quantitative estimate of drug-likeness (QED) is 0.760. The molecule has 0 atom stereocenters. The average Bonchev–Trinajstić information content (AvgIpc) is 2.95. The summed E-state index contributed by atoms with van der Waals surface area (Å²) in [5.74, 6) is 0.311. The summed E-state index contributed by atoms with van der Waals surface area (Å²) in [4.78, 5) is 11.9. The number of para-hydroxylation sites is 1. The molecule has 5 nitrogen and oxygen atoms in total. The Morgan fingerprint density at radius 2 is 2.05 bits per heavy atom. The predicted octanol–water partition coefficient (Wildman–Crippen LogP) is 2.66. The largest absolute Gasteiger partial charge is 0.493 e. The molecule has 1 aromatic carbocycles. The highest BCUT2D eigenvalue weighted by Crippen LogP contribution is 2.19. The van der Waals surface area contributed by atoms with E-state index in [2.05, 4.69) is 5.10 Å². The van der Waals surface area contributed by atoms with Gasteiger partial charge in [-0.15, -0.1) is 0 Å². The molecule has 0 N–H and O–H groups in total. The van der Waals surface area contributed by atoms with Gasteiger partial charge < -0.3 is 9.47 Å². The third kappa shape index (κ3) is 3.38. The van der Waals surface area contributed by atoms with E-state index in [1.165, 1.54) is 0 Å². The van der Waals surface area contributed by atoms with Crippen molar-refractivity contribution in [2.24, 2.45) is 0 Å². The van der Waals surface area contributed by atoms with Gasteiger partial charge in [-0.3, -0.25) is 4.68 Å². The topological polar surface area (TPSA) is 53.4 Å². The molecule has 0 unspecified atom stereocenters. The van der Waals surface area contributed by atoms with Gasteiger partial charge in [0.05, 0.1) is 6.61 Å². The Balaban J connectivity index is 1.99. The summed E-state index contributed by atoms with van der Waals surface area (Å²) in [6, 6.07) is 9.17. The maximum atomic E-state index is 11.9. The molecular formula is C15H18N2O3. The summed E-state index contributed by atoms with van der Waals surface area (Å²) >= 11 is 0. The second kappa shape index (κ2) is 6.75. The van der Waals surface area contributed by atoms with Gasteiger partial charge >= 0.3 is 5.97 Å². The van der Waals surface area contributed by atoms with Crippen LogP contribution >= 0.6 is 0 Å². The first-order chi connectivity index (χ1) is 9.74. The van der Waals surface area contributed by atoms with Gasteiger partial charge in [-0.05, 0) is 26.0 Å². The molecule has 106 valence electrons. The molecule has 5 heteroatoms. The number of benzene rings is 1. The van der Waals surface area contributed by atoms with E-state index in [1.54, 1.807) is 16.9 Å². The van der Waals surface area contributed by atoms with Crippen LogP contribution in [-0.4, -0.2) is 22.4 Å². The number of hydrogen-bond acceptors (Lipinski definition) is 4. The van der Waals surface area contributed by atoms with Crippen molar-refractivity contribution in [2.75, 3.05) is 6.61 Å². The summed E-state index contributed by atoms with van der Waals surface area (Å²) in [6.07, 6.45) is 1.75. The molecule has 0 aliphatic rings. The van der Waals surface area contributed by atoms with Crippen molar-refractivity contribution in [2.45, 2.75) is 27.0 Å². The predicted molar refractivity (Wildman–Crippen MR) is 74.6 cm³/mol. The van der Waals surface area contributed by atoms with Crippen molar-refractivity contribution in [3.05, 3.63) is 47.8 Å². The first kappa shape index (κ1) is 14.1. The van der Waals surface area contributed by atoms with E-state index < -0.39 is 5.97 Å². The second-order valence-corrected chi connectivity index (χ2v) is 4.17. The number of carbonyl (C=O) groups excluding carboxylic acids is 1. The van der Waals surface area contributed by atoms with Crippen molar-refractivity contribution in [1.29, 1.82) is 0 Å². The number of aryl methyl sites for hydroxylation is 1. The summed E-state index contributed by atoms with van der Waals surface area (Å²) in [7, 11) is 0. The van der Waals surface area contributed by atoms with Crippen molar-refractivity contribution in [3.63, 3.8) is 0 Å². The van der Waals surface area contributed by atoms with Gasteiger partial charge in [-0.25, -0.2) is 4.79 Å². The van der Waals surface area contributed by atoms with Gasteiger partial charge in [0.25, 0.3) is 0 Å². The van der Waals surface area contributed by atoms with Crippen LogP contribution in [0.1, 0.15) is 29.9 Å². The van der Waals surface area contributed by atoms with Gasteiger partial charge in [0.2, 0.25) is 0 Å². The summed E-state index contributed by atoms with van der Waals surface area (Å²) < 4.78 is 12.4. The fraction of sp³-hybridized carbons (Fsp3) is 0.333. The van der Waals surface area contributed by atoms with E-state index >= 15 is 0 Å². The minimum Gasteiger partial charge on any atom is -0.493 e. The molecule has 0 bridgehead atoms. The Labute approximate surface area is 118 Å². The fourth-order valence-electron chi connectivity index (χ4n) is 1.78. The molecule has 0 amide bonds. The Hall–Kier alpha value is -2.30. The molecule has 0 fully saturated rings. The third-order valence-electron chi connectivity index (χ3n) is 2.81. The van der Waals surface area contributed by atoms with Crippen molar-refractivity contribution >= 4 is 5.97 Å². The molecule has 0 aliphatic carbocycles. The maximum absolute atomic E-state index is 11.9. The van der Waals surface area contributed by atoms with Gasteiger partial charge in [-0.2, -0.15) is 5.10 Å². The van der Waals surface area contributed by atoms with Crippen LogP contribution in [0.25, 0.3) is 0 Å². The van der Waals surface area contributed by atoms with Crippen LogP contribution in [0, 0.1) is 0 Å². The lowest BCUT2D eigenvalue weighted by molar-refractivity contribution is 0.0461. The molecule has 2 rings (SSSR count). The lowest BCUT2D eigenvalue weighted by Gasteiger charge is -2.09. The molecule has 0 aliphatic heterocycles. The summed E-state index contributed by atoms with van der Waals surface area (Å²) in [5.41, 5.74) is 1.17. The van der Waals surface area contributed by atoms with E-state index in [0.29, 0.717) is 12.3 Å². The highest BCUT2D eigenvalue weighted by atomic mass is 16.5. The van der Waals surface area contributed by atoms with E-state index in [1.807, 2.05) is 38.1 Å². The summed E-state index contributed by atoms with van der Waals surface area (Å²) in [6.45, 7) is 5.35. The lowest BCUT2D eigenvalue weighted by Crippen LogP contribution is -2.08. The molecular weight excluding hydrogens is 256 g/mol. The molecule has 0 radical (unpaired) electrons. The molecule has 20 heavy (non-hydrogen) atoms. The van der Waals surface area contributed by atoms with Crippen LogP contribution in [-0.2, 0) is 17.9 Å². The van der Waals surface area contributed by atoms with Crippen LogP contribution in [0.4, 0.5) is 0 Å². The monoisotopic (exact) mass is 274 g/mol. The van der Waals surface area contributed by atoms with Gasteiger partial charge in [0.15, 0.2) is 5.69 Å². The number of hydrogen-bond donors (Lipinski definition) is 0. The molecule has 0 saturated heterocycles. The molecule has 2 aromatic rings. The van der Waals surface area contributed by atoms with Crippen molar-refractivity contribution < 1.29 is 14.3 Å². The number of esters is 1. The number of carbonyl (C=O) groups is 1. The van der Waals surface area contributed by atoms with Crippen molar-refractivity contribution in [3.8, 4) is 5.75 Å². The van der Waals surface area contributed by atoms with Gasteiger partial charge in [0, 0.05) is 18.3 Å². The lowest BCUT2D eigenvalue weighted by atomic mass is 10.2. The third-order valence-corrected chi connectivity index (χ3v) is 2.81. The van der Waals surface area contributed by atoms with Gasteiger partial charge in [0.1, 0.15) is 12.4 Å². The summed E-state index contributed by atoms with van der Waals surface area (Å²) in [5, 5.41) is 4.11. The molecule has 0 spiro atoms. The minimum absolute atomic E-state index is 0.175. The zero-order chi connectivity index (χ0) is 14.4. The number of ether oxygens (including phenoxy) is 2. The second-order valence-electron chi connectivity index (χ2n) is 4.17. The smallest absolute Gasteiger partial charge is 0.359 e. The number of rotatable bonds is 6. The van der Waals surface area contributed by atoms with E-state index in [-0.39, 0.29) is 6.61 Å². The SMILES string of the molecule is CCOc1ccccc1COC(=O)c1ccn(CC)n1. The van der Waals surface area contributed by atoms with Crippen LogP contribution in [0.2, 0.25) is 0 Å². The van der Waals surface area contributed by atoms with Crippen LogP contribution < -0.4 is 4.74 Å². The Bertz CT molecular complexity index is 578. The molecule has 0 saturated carbocycles. The van der Waals surface area contributed by atoms with Gasteiger partial charge in [-0.1, -0.05) is 18.2 Å². The number of aromatic nitrogens is 2. The van der Waals surface area contributed by atoms with Crippen LogP contribution in [0.3, 0.4) is 0 Å². The Morgan fingerprint density at radius 1 is 1.25 bits per heavy atom. The maximum Gasteiger partial charge on any atom is 0.359 e. The fourth-order valence-corrected chi connectivity index (χ4v) is 1.78. The van der Waals surface area contributed by atoms with Crippen LogP contribution in [0.15, 0.2) is 36.5 Å². The normalized spacial score (nSPS) is 10.3. The zero-order valence-corrected chi connectivity index (χ0v) is 11.7. The average molecular weight is 274 g/mol. The molecule has 1 aromatic heterocycles. The Kier molecular flexibility index (Phi) is 4.76. The standard InChI is InChI=1S/C15H18N2O3/c1-3-17-10-9-13(16-17)15(18)20-11-12-7-5-6-8-14(12)19-4-2/h5-10H,3-4,11H2,1-2H3. The van der Waals surface area contributed by atoms with Crippen molar-refractivity contribution in [1.82, 2.24) is 9.78 Å². The highest BCUT2D eigenvalue weighted by molar-refractivity contribution is 5.87.